The highest BCUT2D eigenvalue weighted by molar-refractivity contribution is 5.91. The molecule has 1 amide bonds. The summed E-state index contributed by atoms with van der Waals surface area (Å²) in [6, 6.07) is 17.2. The summed E-state index contributed by atoms with van der Waals surface area (Å²) in [7, 11) is 3.85. The van der Waals surface area contributed by atoms with E-state index in [1.165, 1.54) is 5.56 Å². The van der Waals surface area contributed by atoms with Gasteiger partial charge in [0.1, 0.15) is 0 Å². The minimum absolute atomic E-state index is 0.0146. The molecule has 0 aliphatic heterocycles. The van der Waals surface area contributed by atoms with Gasteiger partial charge in [-0.15, -0.1) is 0 Å². The SMILES string of the molecule is C[C@H](CCc1ccccc1)NC(=O)COC(=O)c1ccc(N(C)C)cc1. The van der Waals surface area contributed by atoms with E-state index in [0.29, 0.717) is 5.56 Å². The van der Waals surface area contributed by atoms with Gasteiger partial charge in [-0.1, -0.05) is 30.3 Å². The molecule has 5 nitrogen and oxygen atoms in total. The Kier molecular flexibility index (Phi) is 7.21. The summed E-state index contributed by atoms with van der Waals surface area (Å²) in [6.07, 6.45) is 1.72. The van der Waals surface area contributed by atoms with E-state index in [1.54, 1.807) is 12.1 Å². The van der Waals surface area contributed by atoms with E-state index in [0.717, 1.165) is 18.5 Å². The first-order chi connectivity index (χ1) is 12.5. The van der Waals surface area contributed by atoms with E-state index in [2.05, 4.69) is 17.4 Å². The molecular formula is C21H26N2O3. The Morgan fingerprint density at radius 1 is 1.04 bits per heavy atom. The highest BCUT2D eigenvalue weighted by atomic mass is 16.5. The zero-order valence-corrected chi connectivity index (χ0v) is 15.6. The van der Waals surface area contributed by atoms with Gasteiger partial charge in [-0.3, -0.25) is 4.79 Å². The molecule has 2 aromatic rings. The Balaban J connectivity index is 1.72. The maximum atomic E-state index is 12.0. The van der Waals surface area contributed by atoms with Crippen LogP contribution in [0.25, 0.3) is 0 Å². The van der Waals surface area contributed by atoms with E-state index in [9.17, 15) is 9.59 Å². The number of benzene rings is 2. The second-order valence-corrected chi connectivity index (χ2v) is 6.51. The Morgan fingerprint density at radius 3 is 2.31 bits per heavy atom. The van der Waals surface area contributed by atoms with Crippen molar-refractivity contribution < 1.29 is 14.3 Å². The molecule has 0 radical (unpaired) electrons. The predicted molar refractivity (Wildman–Crippen MR) is 103 cm³/mol. The second kappa shape index (κ2) is 9.61. The first-order valence-corrected chi connectivity index (χ1v) is 8.73. The van der Waals surface area contributed by atoms with Crippen LogP contribution >= 0.6 is 0 Å². The summed E-state index contributed by atoms with van der Waals surface area (Å²) >= 11 is 0. The van der Waals surface area contributed by atoms with Crippen LogP contribution in [-0.2, 0) is 16.0 Å². The molecule has 0 aliphatic rings. The number of carbonyl (C=O) groups is 2. The van der Waals surface area contributed by atoms with Gasteiger partial charge in [0.15, 0.2) is 6.61 Å². The lowest BCUT2D eigenvalue weighted by molar-refractivity contribution is -0.124. The molecule has 2 aromatic carbocycles. The number of rotatable bonds is 8. The van der Waals surface area contributed by atoms with Crippen molar-refractivity contribution in [2.45, 2.75) is 25.8 Å². The lowest BCUT2D eigenvalue weighted by Gasteiger charge is -2.14. The zero-order chi connectivity index (χ0) is 18.9. The van der Waals surface area contributed by atoms with Crippen LogP contribution in [-0.4, -0.2) is 38.6 Å². The average molecular weight is 354 g/mol. The quantitative estimate of drug-likeness (QED) is 0.740. The minimum Gasteiger partial charge on any atom is -0.452 e. The number of carbonyl (C=O) groups excluding carboxylic acids is 2. The van der Waals surface area contributed by atoms with Gasteiger partial charge in [-0.2, -0.15) is 0 Å². The molecule has 0 heterocycles. The molecule has 0 saturated heterocycles. The fourth-order valence-electron chi connectivity index (χ4n) is 2.53. The number of ether oxygens (including phenoxy) is 1. The van der Waals surface area contributed by atoms with Gasteiger partial charge in [0.2, 0.25) is 0 Å². The number of aryl methyl sites for hydroxylation is 1. The summed E-state index contributed by atoms with van der Waals surface area (Å²) in [5.74, 6) is -0.786. The van der Waals surface area contributed by atoms with Crippen molar-refractivity contribution in [3.05, 3.63) is 65.7 Å². The van der Waals surface area contributed by atoms with Crippen LogP contribution in [0.4, 0.5) is 5.69 Å². The van der Waals surface area contributed by atoms with Crippen LogP contribution < -0.4 is 10.2 Å². The fraction of sp³-hybridized carbons (Fsp3) is 0.333. The number of amides is 1. The van der Waals surface area contributed by atoms with E-state index >= 15 is 0 Å². The van der Waals surface area contributed by atoms with Gasteiger partial charge in [-0.25, -0.2) is 4.79 Å². The van der Waals surface area contributed by atoms with Gasteiger partial charge < -0.3 is 15.0 Å². The standard InChI is InChI=1S/C21H26N2O3/c1-16(9-10-17-7-5-4-6-8-17)22-20(24)15-26-21(25)18-11-13-19(14-12-18)23(2)3/h4-8,11-14,16H,9-10,15H2,1-3H3,(H,22,24)/t16-/m1/s1. The lowest BCUT2D eigenvalue weighted by atomic mass is 10.1. The molecule has 0 unspecified atom stereocenters. The number of anilines is 1. The molecule has 0 saturated carbocycles. The lowest BCUT2D eigenvalue weighted by Crippen LogP contribution is -2.36. The van der Waals surface area contributed by atoms with E-state index in [-0.39, 0.29) is 18.6 Å². The number of hydrogen-bond acceptors (Lipinski definition) is 4. The summed E-state index contributed by atoms with van der Waals surface area (Å²) in [4.78, 5) is 25.9. The number of nitrogens with zero attached hydrogens (tertiary/aromatic N) is 1. The summed E-state index contributed by atoms with van der Waals surface area (Å²) in [5.41, 5.74) is 2.66. The fourth-order valence-corrected chi connectivity index (χ4v) is 2.53. The molecular weight excluding hydrogens is 328 g/mol. The van der Waals surface area contributed by atoms with Crippen molar-refractivity contribution in [1.82, 2.24) is 5.32 Å². The van der Waals surface area contributed by atoms with Crippen LogP contribution in [0.2, 0.25) is 0 Å². The van der Waals surface area contributed by atoms with Gasteiger partial charge in [0.25, 0.3) is 5.91 Å². The minimum atomic E-state index is -0.498. The molecule has 0 spiro atoms. The maximum absolute atomic E-state index is 12.0. The van der Waals surface area contributed by atoms with Crippen molar-refractivity contribution in [3.63, 3.8) is 0 Å². The molecule has 26 heavy (non-hydrogen) atoms. The summed E-state index contributed by atoms with van der Waals surface area (Å²) in [6.45, 7) is 1.67. The van der Waals surface area contributed by atoms with Crippen LogP contribution in [0.5, 0.6) is 0 Å². The number of esters is 1. The van der Waals surface area contributed by atoms with Crippen molar-refractivity contribution >= 4 is 17.6 Å². The highest BCUT2D eigenvalue weighted by Crippen LogP contribution is 2.13. The van der Waals surface area contributed by atoms with Gasteiger partial charge in [0, 0.05) is 25.8 Å². The van der Waals surface area contributed by atoms with Gasteiger partial charge >= 0.3 is 5.97 Å². The van der Waals surface area contributed by atoms with Crippen LogP contribution in [0, 0.1) is 0 Å². The van der Waals surface area contributed by atoms with Crippen LogP contribution in [0.1, 0.15) is 29.3 Å². The Bertz CT molecular complexity index is 712. The van der Waals surface area contributed by atoms with Gasteiger partial charge in [-0.05, 0) is 49.6 Å². The van der Waals surface area contributed by atoms with Crippen LogP contribution in [0.3, 0.4) is 0 Å². The Hall–Kier alpha value is -2.82. The molecule has 1 N–H and O–H groups in total. The smallest absolute Gasteiger partial charge is 0.338 e. The average Bonchev–Trinajstić information content (AvgIpc) is 2.65. The van der Waals surface area contributed by atoms with Gasteiger partial charge in [0.05, 0.1) is 5.56 Å². The highest BCUT2D eigenvalue weighted by Gasteiger charge is 2.12. The van der Waals surface area contributed by atoms with Crippen molar-refractivity contribution in [1.29, 1.82) is 0 Å². The first kappa shape index (κ1) is 19.5. The first-order valence-electron chi connectivity index (χ1n) is 8.73. The Labute approximate surface area is 155 Å². The molecule has 0 fully saturated rings. The third kappa shape index (κ3) is 6.24. The third-order valence-corrected chi connectivity index (χ3v) is 4.07. The zero-order valence-electron chi connectivity index (χ0n) is 15.6. The molecule has 138 valence electrons. The number of hydrogen-bond donors (Lipinski definition) is 1. The molecule has 5 heteroatoms. The van der Waals surface area contributed by atoms with Crippen molar-refractivity contribution in [2.24, 2.45) is 0 Å². The molecule has 1 atom stereocenters. The van der Waals surface area contributed by atoms with E-state index < -0.39 is 5.97 Å². The topological polar surface area (TPSA) is 58.6 Å². The van der Waals surface area contributed by atoms with Crippen molar-refractivity contribution in [3.8, 4) is 0 Å². The maximum Gasteiger partial charge on any atom is 0.338 e. The largest absolute Gasteiger partial charge is 0.452 e. The Morgan fingerprint density at radius 2 is 1.69 bits per heavy atom. The third-order valence-electron chi connectivity index (χ3n) is 4.07. The van der Waals surface area contributed by atoms with Crippen LogP contribution in [0.15, 0.2) is 54.6 Å². The normalized spacial score (nSPS) is 11.5. The van der Waals surface area contributed by atoms with Crippen molar-refractivity contribution in [2.75, 3.05) is 25.6 Å². The summed E-state index contributed by atoms with van der Waals surface area (Å²) < 4.78 is 5.09. The second-order valence-electron chi connectivity index (χ2n) is 6.51. The summed E-state index contributed by atoms with van der Waals surface area (Å²) in [5, 5.41) is 2.86. The van der Waals surface area contributed by atoms with E-state index in [4.69, 9.17) is 4.74 Å². The molecule has 0 aliphatic carbocycles. The molecule has 0 bridgehead atoms. The van der Waals surface area contributed by atoms with E-state index in [1.807, 2.05) is 56.3 Å². The monoisotopic (exact) mass is 354 g/mol. The molecule has 0 aromatic heterocycles. The number of nitrogens with one attached hydrogen (secondary N) is 1. The molecule has 2 rings (SSSR count). The predicted octanol–water partition coefficient (Wildman–Crippen LogP) is 3.05.